The average Bonchev–Trinajstić information content (AvgIpc) is 2.32. The number of hydrogen-bond donors (Lipinski definition) is 1. The molecule has 2 rings (SSSR count). The molecule has 0 bridgehead atoms. The predicted molar refractivity (Wildman–Crippen MR) is 83.3 cm³/mol. The third kappa shape index (κ3) is 3.43. The summed E-state index contributed by atoms with van der Waals surface area (Å²) in [5, 5.41) is 1.89. The molecule has 2 aromatic rings. The molecule has 0 saturated heterocycles. The van der Waals surface area contributed by atoms with Gasteiger partial charge in [-0.1, -0.05) is 53.0 Å². The van der Waals surface area contributed by atoms with Crippen molar-refractivity contribution in [1.29, 1.82) is 0 Å². The van der Waals surface area contributed by atoms with Crippen LogP contribution in [0.25, 0.3) is 0 Å². The molecule has 2 N–H and O–H groups in total. The number of halogens is 3. The quantitative estimate of drug-likeness (QED) is 0.828. The Morgan fingerprint density at radius 3 is 2.21 bits per heavy atom. The number of aryl methyl sites for hydroxylation is 1. The molecule has 0 aliphatic rings. The van der Waals surface area contributed by atoms with Crippen LogP contribution in [0.5, 0.6) is 0 Å². The highest BCUT2D eigenvalue weighted by Crippen LogP contribution is 2.32. The number of hydrogen-bond acceptors (Lipinski definition) is 1. The Morgan fingerprint density at radius 2 is 1.63 bits per heavy atom. The van der Waals surface area contributed by atoms with Crippen LogP contribution in [0.3, 0.4) is 0 Å². The fraction of sp³-hybridized carbons (Fsp3) is 0.200. The summed E-state index contributed by atoms with van der Waals surface area (Å²) in [5.41, 5.74) is 9.09. The average molecular weight is 315 g/mol. The summed E-state index contributed by atoms with van der Waals surface area (Å²) in [5.74, 6) is 0. The summed E-state index contributed by atoms with van der Waals surface area (Å²) in [6.07, 6.45) is 0.600. The monoisotopic (exact) mass is 313 g/mol. The summed E-state index contributed by atoms with van der Waals surface area (Å²) >= 11 is 18.5. The van der Waals surface area contributed by atoms with Gasteiger partial charge in [0, 0.05) is 26.7 Å². The van der Waals surface area contributed by atoms with Crippen LogP contribution in [0.2, 0.25) is 15.1 Å². The van der Waals surface area contributed by atoms with Crippen LogP contribution in [0.15, 0.2) is 36.4 Å². The molecule has 100 valence electrons. The molecule has 0 amide bonds. The van der Waals surface area contributed by atoms with Gasteiger partial charge in [-0.3, -0.25) is 0 Å². The van der Waals surface area contributed by atoms with Crippen molar-refractivity contribution in [2.24, 2.45) is 5.73 Å². The van der Waals surface area contributed by atoms with Crippen LogP contribution in [0.1, 0.15) is 22.7 Å². The molecule has 1 nitrogen and oxygen atoms in total. The van der Waals surface area contributed by atoms with E-state index in [4.69, 9.17) is 40.5 Å². The zero-order valence-electron chi connectivity index (χ0n) is 10.5. The van der Waals surface area contributed by atoms with Gasteiger partial charge in [-0.25, -0.2) is 0 Å². The topological polar surface area (TPSA) is 26.0 Å². The second-order valence-electron chi connectivity index (χ2n) is 4.54. The lowest BCUT2D eigenvalue weighted by Crippen LogP contribution is -2.14. The number of rotatable bonds is 3. The van der Waals surface area contributed by atoms with E-state index in [-0.39, 0.29) is 6.04 Å². The van der Waals surface area contributed by atoms with E-state index in [1.54, 1.807) is 18.2 Å². The Hall–Kier alpha value is -0.730. The molecule has 0 radical (unpaired) electrons. The highest BCUT2D eigenvalue weighted by molar-refractivity contribution is 6.36. The van der Waals surface area contributed by atoms with Crippen LogP contribution in [-0.2, 0) is 6.42 Å². The standard InChI is InChI=1S/C15H14Cl3N/c1-9-5-6-10(13(18)7-9)8-14(19)15-11(16)3-2-4-12(15)17/h2-7,14H,8,19H2,1H3. The Labute approximate surface area is 128 Å². The summed E-state index contributed by atoms with van der Waals surface area (Å²) in [4.78, 5) is 0. The first-order valence-electron chi connectivity index (χ1n) is 5.93. The van der Waals surface area contributed by atoms with Gasteiger partial charge in [0.1, 0.15) is 0 Å². The van der Waals surface area contributed by atoms with E-state index in [2.05, 4.69) is 0 Å². The zero-order chi connectivity index (χ0) is 14.0. The molecule has 1 unspecified atom stereocenters. The Kier molecular flexibility index (Phi) is 4.75. The first kappa shape index (κ1) is 14.7. The Bertz CT molecular complexity index is 576. The molecule has 4 heteroatoms. The maximum atomic E-state index is 6.22. The van der Waals surface area contributed by atoms with Crippen molar-refractivity contribution in [3.05, 3.63) is 68.2 Å². The molecule has 0 fully saturated rings. The van der Waals surface area contributed by atoms with Gasteiger partial charge in [-0.15, -0.1) is 0 Å². The van der Waals surface area contributed by atoms with E-state index in [0.717, 1.165) is 21.7 Å². The largest absolute Gasteiger partial charge is 0.324 e. The van der Waals surface area contributed by atoms with E-state index >= 15 is 0 Å². The van der Waals surface area contributed by atoms with Gasteiger partial charge >= 0.3 is 0 Å². The van der Waals surface area contributed by atoms with Gasteiger partial charge in [-0.05, 0) is 42.7 Å². The summed E-state index contributed by atoms with van der Waals surface area (Å²) in [7, 11) is 0. The fourth-order valence-corrected chi connectivity index (χ4v) is 3.01. The van der Waals surface area contributed by atoms with Gasteiger partial charge in [0.2, 0.25) is 0 Å². The fourth-order valence-electron chi connectivity index (χ4n) is 2.02. The molecule has 0 saturated carbocycles. The van der Waals surface area contributed by atoms with E-state index in [0.29, 0.717) is 16.5 Å². The lowest BCUT2D eigenvalue weighted by atomic mass is 9.99. The predicted octanol–water partition coefficient (Wildman–Crippen LogP) is 5.20. The maximum Gasteiger partial charge on any atom is 0.0468 e. The van der Waals surface area contributed by atoms with Crippen molar-refractivity contribution in [2.75, 3.05) is 0 Å². The third-order valence-electron chi connectivity index (χ3n) is 3.02. The summed E-state index contributed by atoms with van der Waals surface area (Å²) in [6, 6.07) is 11.0. The van der Waals surface area contributed by atoms with Crippen molar-refractivity contribution >= 4 is 34.8 Å². The zero-order valence-corrected chi connectivity index (χ0v) is 12.7. The highest BCUT2D eigenvalue weighted by atomic mass is 35.5. The van der Waals surface area contributed by atoms with Crippen LogP contribution in [0.4, 0.5) is 0 Å². The number of nitrogens with two attached hydrogens (primary N) is 1. The van der Waals surface area contributed by atoms with Gasteiger partial charge in [0.25, 0.3) is 0 Å². The minimum atomic E-state index is -0.276. The maximum absolute atomic E-state index is 6.22. The molecule has 19 heavy (non-hydrogen) atoms. The van der Waals surface area contributed by atoms with E-state index in [1.807, 2.05) is 25.1 Å². The van der Waals surface area contributed by atoms with Crippen molar-refractivity contribution in [1.82, 2.24) is 0 Å². The van der Waals surface area contributed by atoms with Gasteiger partial charge in [0.05, 0.1) is 0 Å². The van der Waals surface area contributed by atoms with Gasteiger partial charge in [0.15, 0.2) is 0 Å². The molecule has 2 aromatic carbocycles. The van der Waals surface area contributed by atoms with Crippen molar-refractivity contribution in [2.45, 2.75) is 19.4 Å². The molecular formula is C15H14Cl3N. The first-order chi connectivity index (χ1) is 8.99. The van der Waals surface area contributed by atoms with E-state index in [1.165, 1.54) is 0 Å². The normalized spacial score (nSPS) is 12.5. The van der Waals surface area contributed by atoms with Gasteiger partial charge in [-0.2, -0.15) is 0 Å². The molecule has 0 aliphatic carbocycles. The van der Waals surface area contributed by atoms with E-state index in [9.17, 15) is 0 Å². The highest BCUT2D eigenvalue weighted by Gasteiger charge is 2.15. The van der Waals surface area contributed by atoms with Crippen molar-refractivity contribution < 1.29 is 0 Å². The van der Waals surface area contributed by atoms with Crippen LogP contribution in [0, 0.1) is 6.92 Å². The smallest absolute Gasteiger partial charge is 0.0468 e. The van der Waals surface area contributed by atoms with Gasteiger partial charge < -0.3 is 5.73 Å². The molecule has 0 aliphatic heterocycles. The van der Waals surface area contributed by atoms with Crippen LogP contribution in [-0.4, -0.2) is 0 Å². The second-order valence-corrected chi connectivity index (χ2v) is 5.76. The van der Waals surface area contributed by atoms with Crippen LogP contribution < -0.4 is 5.73 Å². The molecular weight excluding hydrogens is 301 g/mol. The second kappa shape index (κ2) is 6.15. The molecule has 0 aromatic heterocycles. The third-order valence-corrected chi connectivity index (χ3v) is 4.03. The Morgan fingerprint density at radius 1 is 1.00 bits per heavy atom. The first-order valence-corrected chi connectivity index (χ1v) is 7.07. The minimum absolute atomic E-state index is 0.276. The SMILES string of the molecule is Cc1ccc(CC(N)c2c(Cl)cccc2Cl)c(Cl)c1. The number of benzene rings is 2. The van der Waals surface area contributed by atoms with Crippen molar-refractivity contribution in [3.8, 4) is 0 Å². The van der Waals surface area contributed by atoms with E-state index < -0.39 is 0 Å². The van der Waals surface area contributed by atoms with Crippen LogP contribution >= 0.6 is 34.8 Å². The molecule has 0 heterocycles. The summed E-state index contributed by atoms with van der Waals surface area (Å²) < 4.78 is 0. The Balaban J connectivity index is 2.28. The lowest BCUT2D eigenvalue weighted by Gasteiger charge is -2.16. The lowest BCUT2D eigenvalue weighted by molar-refractivity contribution is 0.722. The molecule has 0 spiro atoms. The minimum Gasteiger partial charge on any atom is -0.324 e. The van der Waals surface area contributed by atoms with Crippen molar-refractivity contribution in [3.63, 3.8) is 0 Å². The molecule has 1 atom stereocenters. The summed E-state index contributed by atoms with van der Waals surface area (Å²) in [6.45, 7) is 2.00.